The number of carbonyl (C=O) groups excluding carboxylic acids is 1. The van der Waals surface area contributed by atoms with E-state index < -0.39 is 0 Å². The normalized spacial score (nSPS) is 25.3. The molecule has 0 radical (unpaired) electrons. The van der Waals surface area contributed by atoms with E-state index in [0.717, 1.165) is 26.2 Å². The topological polar surface area (TPSA) is 35.6 Å². The van der Waals surface area contributed by atoms with Crippen molar-refractivity contribution in [1.29, 1.82) is 0 Å². The second kappa shape index (κ2) is 5.57. The van der Waals surface area contributed by atoms with E-state index in [4.69, 9.17) is 0 Å². The maximum absolute atomic E-state index is 12.1. The van der Waals surface area contributed by atoms with Gasteiger partial charge in [-0.3, -0.25) is 9.69 Å². The van der Waals surface area contributed by atoms with E-state index in [-0.39, 0.29) is 5.54 Å². The molecule has 4 heteroatoms. The molecule has 104 valence electrons. The van der Waals surface area contributed by atoms with E-state index in [9.17, 15) is 4.79 Å². The summed E-state index contributed by atoms with van der Waals surface area (Å²) in [5.74, 6) is 0.318. The molecule has 1 N–H and O–H groups in total. The van der Waals surface area contributed by atoms with Crippen LogP contribution in [0.3, 0.4) is 0 Å². The van der Waals surface area contributed by atoms with Crippen LogP contribution >= 0.6 is 0 Å². The van der Waals surface area contributed by atoms with Crippen LogP contribution in [0, 0.1) is 0 Å². The van der Waals surface area contributed by atoms with Crippen molar-refractivity contribution in [3.05, 3.63) is 0 Å². The average Bonchev–Trinajstić information content (AvgIpc) is 2.73. The van der Waals surface area contributed by atoms with Gasteiger partial charge in [-0.15, -0.1) is 0 Å². The minimum Gasteiger partial charge on any atom is -0.340 e. The van der Waals surface area contributed by atoms with E-state index in [1.165, 1.54) is 19.4 Å². The maximum Gasteiger partial charge on any atom is 0.223 e. The largest absolute Gasteiger partial charge is 0.340 e. The number of nitrogens with one attached hydrogen (secondary N) is 1. The van der Waals surface area contributed by atoms with Gasteiger partial charge in [0.05, 0.1) is 0 Å². The SMILES string of the molecule is CC(C)(C)NCCC(=O)N1CCN2CCCC2C1. The van der Waals surface area contributed by atoms with Crippen LogP contribution in [0.15, 0.2) is 0 Å². The molecule has 0 aliphatic carbocycles. The number of fused-ring (bicyclic) bond motifs is 1. The summed E-state index contributed by atoms with van der Waals surface area (Å²) in [4.78, 5) is 16.7. The Kier molecular flexibility index (Phi) is 4.28. The van der Waals surface area contributed by atoms with Gasteiger partial charge in [0.15, 0.2) is 0 Å². The van der Waals surface area contributed by atoms with Gasteiger partial charge in [0.2, 0.25) is 5.91 Å². The summed E-state index contributed by atoms with van der Waals surface area (Å²) in [6.45, 7) is 11.4. The third-order valence-corrected chi connectivity index (χ3v) is 3.93. The highest BCUT2D eigenvalue weighted by molar-refractivity contribution is 5.76. The fraction of sp³-hybridized carbons (Fsp3) is 0.929. The van der Waals surface area contributed by atoms with Gasteiger partial charge in [-0.05, 0) is 40.2 Å². The molecule has 0 spiro atoms. The first-order valence-corrected chi connectivity index (χ1v) is 7.22. The van der Waals surface area contributed by atoms with Gasteiger partial charge in [0.25, 0.3) is 0 Å². The summed E-state index contributed by atoms with van der Waals surface area (Å²) in [6, 6.07) is 0.637. The van der Waals surface area contributed by atoms with Crippen molar-refractivity contribution < 1.29 is 4.79 Å². The number of amides is 1. The first kappa shape index (κ1) is 13.8. The Morgan fingerprint density at radius 2 is 2.06 bits per heavy atom. The zero-order valence-corrected chi connectivity index (χ0v) is 12.0. The third-order valence-electron chi connectivity index (χ3n) is 3.93. The molecule has 0 aromatic carbocycles. The van der Waals surface area contributed by atoms with Crippen molar-refractivity contribution in [2.24, 2.45) is 0 Å². The molecule has 1 unspecified atom stereocenters. The van der Waals surface area contributed by atoms with Crippen molar-refractivity contribution in [3.63, 3.8) is 0 Å². The van der Waals surface area contributed by atoms with E-state index in [1.807, 2.05) is 0 Å². The number of carbonyl (C=O) groups is 1. The summed E-state index contributed by atoms with van der Waals surface area (Å²) >= 11 is 0. The molecule has 1 amide bonds. The number of piperazine rings is 1. The minimum absolute atomic E-state index is 0.102. The monoisotopic (exact) mass is 253 g/mol. The van der Waals surface area contributed by atoms with Crippen LogP contribution in [0.4, 0.5) is 0 Å². The maximum atomic E-state index is 12.1. The van der Waals surface area contributed by atoms with Gasteiger partial charge in [-0.2, -0.15) is 0 Å². The number of rotatable bonds is 3. The van der Waals surface area contributed by atoms with Crippen LogP contribution in [0.25, 0.3) is 0 Å². The van der Waals surface area contributed by atoms with E-state index in [1.54, 1.807) is 0 Å². The Morgan fingerprint density at radius 3 is 2.78 bits per heavy atom. The third kappa shape index (κ3) is 3.69. The van der Waals surface area contributed by atoms with E-state index >= 15 is 0 Å². The van der Waals surface area contributed by atoms with Crippen LogP contribution in [-0.4, -0.2) is 60.0 Å². The van der Waals surface area contributed by atoms with Crippen molar-refractivity contribution in [1.82, 2.24) is 15.1 Å². The molecule has 0 aromatic rings. The van der Waals surface area contributed by atoms with Crippen LogP contribution in [0.2, 0.25) is 0 Å². The van der Waals surface area contributed by atoms with E-state index in [0.29, 0.717) is 18.4 Å². The Labute approximate surface area is 111 Å². The van der Waals surface area contributed by atoms with Crippen LogP contribution in [0.1, 0.15) is 40.0 Å². The molecular formula is C14H27N3O. The summed E-state index contributed by atoms with van der Waals surface area (Å²) < 4.78 is 0. The average molecular weight is 253 g/mol. The molecule has 2 saturated heterocycles. The summed E-state index contributed by atoms with van der Waals surface area (Å²) in [5, 5.41) is 3.38. The van der Waals surface area contributed by atoms with Gasteiger partial charge in [-0.25, -0.2) is 0 Å². The Bertz CT molecular complexity index is 298. The zero-order chi connectivity index (χ0) is 13.2. The molecular weight excluding hydrogens is 226 g/mol. The molecule has 2 fully saturated rings. The molecule has 1 atom stereocenters. The molecule has 0 saturated carbocycles. The minimum atomic E-state index is 0.102. The standard InChI is InChI=1S/C14H27N3O/c1-14(2,3)15-7-6-13(18)17-10-9-16-8-4-5-12(16)11-17/h12,15H,4-11H2,1-3H3. The molecule has 2 aliphatic heterocycles. The lowest BCUT2D eigenvalue weighted by Crippen LogP contribution is -2.52. The van der Waals surface area contributed by atoms with Gasteiger partial charge < -0.3 is 10.2 Å². The highest BCUT2D eigenvalue weighted by Crippen LogP contribution is 2.21. The lowest BCUT2D eigenvalue weighted by atomic mass is 10.1. The van der Waals surface area contributed by atoms with Crippen molar-refractivity contribution in [2.45, 2.75) is 51.6 Å². The Balaban J connectivity index is 1.73. The number of hydrogen-bond acceptors (Lipinski definition) is 3. The molecule has 2 rings (SSSR count). The summed E-state index contributed by atoms with van der Waals surface area (Å²) in [6.07, 6.45) is 3.20. The number of nitrogens with zero attached hydrogens (tertiary/aromatic N) is 2. The van der Waals surface area contributed by atoms with Crippen molar-refractivity contribution in [2.75, 3.05) is 32.7 Å². The fourth-order valence-electron chi connectivity index (χ4n) is 2.92. The molecule has 4 nitrogen and oxygen atoms in total. The second-order valence-corrected chi connectivity index (χ2v) is 6.60. The molecule has 2 aliphatic rings. The zero-order valence-electron chi connectivity index (χ0n) is 12.0. The lowest BCUT2D eigenvalue weighted by Gasteiger charge is -2.37. The van der Waals surface area contributed by atoms with Gasteiger partial charge in [-0.1, -0.05) is 0 Å². The number of hydrogen-bond donors (Lipinski definition) is 1. The predicted octanol–water partition coefficient (Wildman–Crippen LogP) is 1.07. The summed E-state index contributed by atoms with van der Waals surface area (Å²) in [7, 11) is 0. The quantitative estimate of drug-likeness (QED) is 0.817. The highest BCUT2D eigenvalue weighted by Gasteiger charge is 2.32. The Morgan fingerprint density at radius 1 is 1.28 bits per heavy atom. The second-order valence-electron chi connectivity index (χ2n) is 6.60. The van der Waals surface area contributed by atoms with Crippen molar-refractivity contribution in [3.8, 4) is 0 Å². The predicted molar refractivity (Wildman–Crippen MR) is 73.5 cm³/mol. The fourth-order valence-corrected chi connectivity index (χ4v) is 2.92. The lowest BCUT2D eigenvalue weighted by molar-refractivity contribution is -0.133. The molecule has 0 aromatic heterocycles. The van der Waals surface area contributed by atoms with Crippen molar-refractivity contribution >= 4 is 5.91 Å². The molecule has 18 heavy (non-hydrogen) atoms. The van der Waals surface area contributed by atoms with Gasteiger partial charge in [0.1, 0.15) is 0 Å². The highest BCUT2D eigenvalue weighted by atomic mass is 16.2. The van der Waals surface area contributed by atoms with Crippen LogP contribution in [-0.2, 0) is 4.79 Å². The molecule has 2 heterocycles. The van der Waals surface area contributed by atoms with Crippen LogP contribution < -0.4 is 5.32 Å². The van der Waals surface area contributed by atoms with Crippen LogP contribution in [0.5, 0.6) is 0 Å². The first-order valence-electron chi connectivity index (χ1n) is 7.22. The summed E-state index contributed by atoms with van der Waals surface area (Å²) in [5.41, 5.74) is 0.102. The first-order chi connectivity index (χ1) is 8.46. The van der Waals surface area contributed by atoms with E-state index in [2.05, 4.69) is 35.9 Å². The molecule has 0 bridgehead atoms. The Hall–Kier alpha value is -0.610. The van der Waals surface area contributed by atoms with Gasteiger partial charge >= 0.3 is 0 Å². The van der Waals surface area contributed by atoms with Gasteiger partial charge in [0, 0.05) is 44.2 Å². The smallest absolute Gasteiger partial charge is 0.223 e.